The molecule has 3 unspecified atom stereocenters. The van der Waals surface area contributed by atoms with E-state index in [4.69, 9.17) is 10.5 Å². The Morgan fingerprint density at radius 2 is 2.14 bits per heavy atom. The van der Waals surface area contributed by atoms with Gasteiger partial charge in [-0.3, -0.25) is 4.99 Å². The van der Waals surface area contributed by atoms with Crippen molar-refractivity contribution in [2.24, 2.45) is 16.6 Å². The molecule has 116 valence electrons. The minimum absolute atomic E-state index is 0. The Hall–Kier alpha value is -0.820. The summed E-state index contributed by atoms with van der Waals surface area (Å²) in [7, 11) is 0. The summed E-state index contributed by atoms with van der Waals surface area (Å²) in [6.07, 6.45) is 3.82. The predicted octanol–water partition coefficient (Wildman–Crippen LogP) is 2.49. The molecule has 1 aromatic carbocycles. The van der Waals surface area contributed by atoms with E-state index in [1.54, 1.807) is 0 Å². The molecule has 1 aromatic rings. The van der Waals surface area contributed by atoms with Crippen molar-refractivity contribution in [1.82, 2.24) is 5.32 Å². The van der Waals surface area contributed by atoms with E-state index >= 15 is 0 Å². The third-order valence-corrected chi connectivity index (χ3v) is 4.18. The van der Waals surface area contributed by atoms with Crippen molar-refractivity contribution in [1.29, 1.82) is 0 Å². The van der Waals surface area contributed by atoms with E-state index in [9.17, 15) is 0 Å². The maximum Gasteiger partial charge on any atom is 0.188 e. The molecule has 0 bridgehead atoms. The number of nitrogens with two attached hydrogens (primary N) is 1. The number of rotatable bonds is 5. The van der Waals surface area contributed by atoms with Gasteiger partial charge < -0.3 is 15.8 Å². The molecule has 4 nitrogen and oxygen atoms in total. The third-order valence-electron chi connectivity index (χ3n) is 4.18. The summed E-state index contributed by atoms with van der Waals surface area (Å²) in [5, 5.41) is 3.17. The summed E-state index contributed by atoms with van der Waals surface area (Å²) in [6.45, 7) is 2.48. The van der Waals surface area contributed by atoms with Gasteiger partial charge in [-0.1, -0.05) is 30.3 Å². The summed E-state index contributed by atoms with van der Waals surface area (Å²) in [5.41, 5.74) is 7.32. The van der Waals surface area contributed by atoms with Gasteiger partial charge in [0, 0.05) is 19.7 Å². The van der Waals surface area contributed by atoms with Gasteiger partial charge in [0.05, 0.1) is 6.10 Å². The number of halogens is 1. The fraction of sp³-hybridized carbons (Fsp3) is 0.562. The summed E-state index contributed by atoms with van der Waals surface area (Å²) in [4.78, 5) is 4.45. The summed E-state index contributed by atoms with van der Waals surface area (Å²) in [5.74, 6) is 1.88. The molecule has 5 heteroatoms. The number of nitrogens with zero attached hydrogens (tertiary/aromatic N) is 1. The van der Waals surface area contributed by atoms with Gasteiger partial charge in [-0.2, -0.15) is 0 Å². The molecule has 1 saturated carbocycles. The van der Waals surface area contributed by atoms with Gasteiger partial charge in [0.25, 0.3) is 0 Å². The molecule has 0 spiro atoms. The Balaban J connectivity index is 0.00000161. The van der Waals surface area contributed by atoms with E-state index in [0.717, 1.165) is 32.5 Å². The van der Waals surface area contributed by atoms with E-state index < -0.39 is 0 Å². The van der Waals surface area contributed by atoms with Gasteiger partial charge in [-0.05, 0) is 36.7 Å². The van der Waals surface area contributed by atoms with Crippen molar-refractivity contribution in [2.45, 2.75) is 31.3 Å². The lowest BCUT2D eigenvalue weighted by Gasteiger charge is -2.10. The van der Waals surface area contributed by atoms with Gasteiger partial charge >= 0.3 is 0 Å². The van der Waals surface area contributed by atoms with E-state index in [0.29, 0.717) is 23.9 Å². The zero-order valence-electron chi connectivity index (χ0n) is 12.2. The molecule has 0 aromatic heterocycles. The van der Waals surface area contributed by atoms with Crippen LogP contribution in [0.2, 0.25) is 0 Å². The van der Waals surface area contributed by atoms with Crippen molar-refractivity contribution in [3.05, 3.63) is 35.9 Å². The maximum absolute atomic E-state index is 5.90. The molecule has 1 saturated heterocycles. The SMILES string of the molecule is I.NC(=NCC1CC1c1ccccc1)NCC1CCCO1. The number of nitrogens with one attached hydrogen (secondary N) is 1. The van der Waals surface area contributed by atoms with E-state index in [-0.39, 0.29) is 24.0 Å². The molecular formula is C16H24IN3O. The zero-order valence-corrected chi connectivity index (χ0v) is 14.5. The van der Waals surface area contributed by atoms with Crippen molar-refractivity contribution in [3.63, 3.8) is 0 Å². The topological polar surface area (TPSA) is 59.6 Å². The maximum atomic E-state index is 5.90. The molecule has 3 rings (SSSR count). The van der Waals surface area contributed by atoms with Crippen LogP contribution in [0, 0.1) is 5.92 Å². The Labute approximate surface area is 143 Å². The first-order chi connectivity index (χ1) is 9.83. The summed E-state index contributed by atoms with van der Waals surface area (Å²) < 4.78 is 5.54. The van der Waals surface area contributed by atoms with Crippen LogP contribution in [0.25, 0.3) is 0 Å². The Kier molecular flexibility index (Phi) is 6.29. The van der Waals surface area contributed by atoms with Crippen molar-refractivity contribution in [3.8, 4) is 0 Å². The fourth-order valence-corrected chi connectivity index (χ4v) is 2.85. The minimum atomic E-state index is 0. The van der Waals surface area contributed by atoms with Gasteiger partial charge in [0.15, 0.2) is 5.96 Å². The number of hydrogen-bond acceptors (Lipinski definition) is 2. The summed E-state index contributed by atoms with van der Waals surface area (Å²) >= 11 is 0. The molecule has 1 aliphatic carbocycles. The van der Waals surface area contributed by atoms with Gasteiger partial charge in [-0.15, -0.1) is 24.0 Å². The normalized spacial score (nSPS) is 28.0. The van der Waals surface area contributed by atoms with Crippen LogP contribution < -0.4 is 11.1 Å². The van der Waals surface area contributed by atoms with Crippen molar-refractivity contribution >= 4 is 29.9 Å². The standard InChI is InChI=1S/C16H23N3O.HI/c17-16(19-11-14-7-4-8-20-14)18-10-13-9-15(13)12-5-2-1-3-6-12;/h1-3,5-6,13-15H,4,7-11H2,(H3,17,18,19);1H. The highest BCUT2D eigenvalue weighted by atomic mass is 127. The largest absolute Gasteiger partial charge is 0.376 e. The number of ether oxygens (including phenoxy) is 1. The van der Waals surface area contributed by atoms with E-state index in [1.807, 2.05) is 0 Å². The van der Waals surface area contributed by atoms with Gasteiger partial charge in [-0.25, -0.2) is 0 Å². The fourth-order valence-electron chi connectivity index (χ4n) is 2.85. The average molecular weight is 401 g/mol. The highest BCUT2D eigenvalue weighted by Gasteiger charge is 2.37. The molecule has 3 atom stereocenters. The van der Waals surface area contributed by atoms with Crippen LogP contribution in [0.4, 0.5) is 0 Å². The molecule has 3 N–H and O–H groups in total. The number of benzene rings is 1. The van der Waals surface area contributed by atoms with Crippen LogP contribution in [0.5, 0.6) is 0 Å². The number of guanidine groups is 1. The summed E-state index contributed by atoms with van der Waals surface area (Å²) in [6, 6.07) is 10.7. The first kappa shape index (κ1) is 16.5. The quantitative estimate of drug-likeness (QED) is 0.453. The first-order valence-corrected chi connectivity index (χ1v) is 7.53. The lowest BCUT2D eigenvalue weighted by molar-refractivity contribution is 0.114. The second-order valence-electron chi connectivity index (χ2n) is 5.75. The van der Waals surface area contributed by atoms with Crippen LogP contribution in [0.3, 0.4) is 0 Å². The van der Waals surface area contributed by atoms with Crippen LogP contribution in [0.1, 0.15) is 30.7 Å². The third kappa shape index (κ3) is 4.85. The lowest BCUT2D eigenvalue weighted by Crippen LogP contribution is -2.37. The molecule has 21 heavy (non-hydrogen) atoms. The Morgan fingerprint density at radius 1 is 1.33 bits per heavy atom. The van der Waals surface area contributed by atoms with Gasteiger partial charge in [0.2, 0.25) is 0 Å². The molecular weight excluding hydrogens is 377 g/mol. The molecule has 1 heterocycles. The van der Waals surface area contributed by atoms with Crippen LogP contribution in [-0.2, 0) is 4.74 Å². The van der Waals surface area contributed by atoms with E-state index in [2.05, 4.69) is 40.6 Å². The Bertz CT molecular complexity index is 460. The van der Waals surface area contributed by atoms with Crippen molar-refractivity contribution in [2.75, 3.05) is 19.7 Å². The van der Waals surface area contributed by atoms with Crippen LogP contribution >= 0.6 is 24.0 Å². The highest BCUT2D eigenvalue weighted by molar-refractivity contribution is 14.0. The monoisotopic (exact) mass is 401 g/mol. The van der Waals surface area contributed by atoms with Crippen molar-refractivity contribution < 1.29 is 4.74 Å². The van der Waals surface area contributed by atoms with E-state index in [1.165, 1.54) is 12.0 Å². The molecule has 2 aliphatic rings. The minimum Gasteiger partial charge on any atom is -0.376 e. The average Bonchev–Trinajstić information content (AvgIpc) is 3.08. The first-order valence-electron chi connectivity index (χ1n) is 7.53. The highest BCUT2D eigenvalue weighted by Crippen LogP contribution is 2.47. The molecule has 0 radical (unpaired) electrons. The van der Waals surface area contributed by atoms with Crippen LogP contribution in [0.15, 0.2) is 35.3 Å². The second-order valence-corrected chi connectivity index (χ2v) is 5.75. The predicted molar refractivity (Wildman–Crippen MR) is 96.2 cm³/mol. The zero-order chi connectivity index (χ0) is 13.8. The van der Waals surface area contributed by atoms with Crippen LogP contribution in [-0.4, -0.2) is 31.8 Å². The lowest BCUT2D eigenvalue weighted by atomic mass is 10.1. The number of hydrogen-bond donors (Lipinski definition) is 2. The second kappa shape index (κ2) is 7.98. The number of aliphatic imine (C=N–C) groups is 1. The van der Waals surface area contributed by atoms with Gasteiger partial charge in [0.1, 0.15) is 0 Å². The smallest absolute Gasteiger partial charge is 0.188 e. The molecule has 1 aliphatic heterocycles. The Morgan fingerprint density at radius 3 is 2.86 bits per heavy atom. The molecule has 2 fully saturated rings. The molecule has 0 amide bonds.